The Balaban J connectivity index is 1.58. The second kappa shape index (κ2) is 9.34. The molecule has 0 bridgehead atoms. The van der Waals surface area contributed by atoms with E-state index in [-0.39, 0.29) is 11.7 Å². The predicted octanol–water partition coefficient (Wildman–Crippen LogP) is 4.92. The number of para-hydroxylation sites is 1. The minimum Gasteiger partial charge on any atom is -0.468 e. The van der Waals surface area contributed by atoms with Crippen molar-refractivity contribution in [1.29, 1.82) is 0 Å². The van der Waals surface area contributed by atoms with Crippen molar-refractivity contribution in [2.45, 2.75) is 10.6 Å². The van der Waals surface area contributed by atoms with Crippen molar-refractivity contribution in [3.05, 3.63) is 52.2 Å². The van der Waals surface area contributed by atoms with Gasteiger partial charge in [0.1, 0.15) is 5.01 Å². The highest BCUT2D eigenvalue weighted by atomic mass is 32.2. The number of aromatic amines is 1. The summed E-state index contributed by atoms with van der Waals surface area (Å²) in [7, 11) is 1.83. The van der Waals surface area contributed by atoms with E-state index in [0.29, 0.717) is 5.75 Å². The zero-order valence-electron chi connectivity index (χ0n) is 16.3. The second-order valence-electron chi connectivity index (χ2n) is 6.29. The molecular weight excluding hydrogens is 459 g/mol. The molecule has 0 amide bonds. The zero-order valence-corrected chi connectivity index (χ0v) is 19.6. The first-order valence-corrected chi connectivity index (χ1v) is 13.0. The quantitative estimate of drug-likeness (QED) is 0.365. The molecule has 6 nitrogen and oxygen atoms in total. The van der Waals surface area contributed by atoms with E-state index >= 15 is 0 Å². The third-order valence-electron chi connectivity index (χ3n) is 4.46. The number of fused-ring (bicyclic) bond motifs is 1. The number of thiazole rings is 1. The van der Waals surface area contributed by atoms with Gasteiger partial charge in [-0.2, -0.15) is 0 Å². The molecule has 1 atom stereocenters. The molecule has 0 saturated heterocycles. The van der Waals surface area contributed by atoms with Crippen molar-refractivity contribution >= 4 is 68.0 Å². The van der Waals surface area contributed by atoms with Gasteiger partial charge in [-0.15, -0.1) is 34.4 Å². The Bertz CT molecular complexity index is 1180. The molecule has 3 heterocycles. The molecule has 156 valence electrons. The number of carbonyl (C=O) groups is 1. The van der Waals surface area contributed by atoms with Gasteiger partial charge in [-0.25, -0.2) is 9.19 Å². The van der Waals surface area contributed by atoms with Gasteiger partial charge in [-0.05, 0) is 23.6 Å². The van der Waals surface area contributed by atoms with Gasteiger partial charge >= 0.3 is 5.97 Å². The number of esters is 1. The lowest BCUT2D eigenvalue weighted by Crippen LogP contribution is -2.21. The fourth-order valence-corrected chi connectivity index (χ4v) is 7.01. The largest absolute Gasteiger partial charge is 0.468 e. The van der Waals surface area contributed by atoms with Crippen LogP contribution in [0, 0.1) is 0 Å². The summed E-state index contributed by atoms with van der Waals surface area (Å²) in [5.74, 6) is 0.631. The molecule has 10 heteroatoms. The summed E-state index contributed by atoms with van der Waals surface area (Å²) in [6.45, 7) is 0. The molecule has 0 aliphatic rings. The third-order valence-corrected chi connectivity index (χ3v) is 8.88. The summed E-state index contributed by atoms with van der Waals surface area (Å²) in [5.41, 5.74) is 2.73. The zero-order chi connectivity index (χ0) is 21.1. The van der Waals surface area contributed by atoms with Gasteiger partial charge in [0.15, 0.2) is 11.0 Å². The number of ether oxygens (including phenoxy) is 1. The summed E-state index contributed by atoms with van der Waals surface area (Å²) in [6, 6.07) is 9.91. The summed E-state index contributed by atoms with van der Waals surface area (Å²) < 4.78 is 19.8. The number of hydrogen-bond donors (Lipinski definition) is 1. The van der Waals surface area contributed by atoms with Crippen molar-refractivity contribution in [2.75, 3.05) is 24.2 Å². The molecule has 1 unspecified atom stereocenters. The molecule has 0 saturated carbocycles. The van der Waals surface area contributed by atoms with E-state index in [1.807, 2.05) is 42.1 Å². The Morgan fingerprint density at radius 1 is 1.30 bits per heavy atom. The maximum Gasteiger partial charge on any atom is 0.315 e. The number of nitrogens with one attached hydrogen (secondary N) is 1. The highest BCUT2D eigenvalue weighted by molar-refractivity contribution is 7.99. The number of H-pyrrole nitrogens is 1. The van der Waals surface area contributed by atoms with Gasteiger partial charge in [0, 0.05) is 34.6 Å². The van der Waals surface area contributed by atoms with Crippen LogP contribution in [0.4, 0.5) is 5.69 Å². The molecule has 4 aromatic rings. The van der Waals surface area contributed by atoms with E-state index in [1.165, 1.54) is 18.9 Å². The number of benzene rings is 1. The average molecular weight is 478 g/mol. The molecule has 0 aliphatic carbocycles. The van der Waals surface area contributed by atoms with E-state index in [4.69, 9.17) is 0 Å². The Morgan fingerprint density at radius 2 is 2.17 bits per heavy atom. The van der Waals surface area contributed by atoms with Gasteiger partial charge in [-0.1, -0.05) is 12.1 Å². The molecule has 30 heavy (non-hydrogen) atoms. The maximum atomic E-state index is 13.4. The number of thiophene rings is 1. The van der Waals surface area contributed by atoms with Crippen LogP contribution < -0.4 is 4.31 Å². The first kappa shape index (κ1) is 21.1. The van der Waals surface area contributed by atoms with Crippen molar-refractivity contribution < 1.29 is 13.7 Å². The monoisotopic (exact) mass is 477 g/mol. The number of aromatic nitrogens is 2. The fourth-order valence-electron chi connectivity index (χ4n) is 2.99. The summed E-state index contributed by atoms with van der Waals surface area (Å²) in [5, 5.41) is 5.84. The molecule has 3 aromatic heterocycles. The lowest BCUT2D eigenvalue weighted by Gasteiger charge is -2.19. The Labute approximate surface area is 188 Å². The standard InChI is InChI=1S/C20H19N3O3S4/c1-23(30(25)17-6-8-28-16(17)11-27-12-18(24)26-2)15-5-3-4-13-10-14(22-19(13)15)20-21-7-9-29-20/h3-10,22H,11-12H2,1-2H3. The number of hydrogen-bond acceptors (Lipinski definition) is 7. The van der Waals surface area contributed by atoms with Crippen molar-refractivity contribution in [2.24, 2.45) is 0 Å². The van der Waals surface area contributed by atoms with Gasteiger partial charge in [0.25, 0.3) is 0 Å². The Morgan fingerprint density at radius 3 is 2.93 bits per heavy atom. The van der Waals surface area contributed by atoms with Crippen LogP contribution in [0.2, 0.25) is 0 Å². The number of nitrogens with zero attached hydrogens (tertiary/aromatic N) is 2. The average Bonchev–Trinajstić information content (AvgIpc) is 3.52. The SMILES string of the molecule is COC(=O)CSCc1sccc1S(=O)N(C)c1cccc2cc(-c3nccs3)[nH]c12. The summed E-state index contributed by atoms with van der Waals surface area (Å²) in [4.78, 5) is 20.9. The maximum absolute atomic E-state index is 13.4. The van der Waals surface area contributed by atoms with Crippen molar-refractivity contribution in [1.82, 2.24) is 9.97 Å². The molecule has 4 rings (SSSR count). The fraction of sp³-hybridized carbons (Fsp3) is 0.200. The first-order chi connectivity index (χ1) is 14.6. The smallest absolute Gasteiger partial charge is 0.315 e. The van der Waals surface area contributed by atoms with Crippen LogP contribution in [0.15, 0.2) is 52.2 Å². The summed E-state index contributed by atoms with van der Waals surface area (Å²) >= 11 is 4.58. The third kappa shape index (κ3) is 4.31. The molecule has 1 N–H and O–H groups in total. The molecule has 1 aromatic carbocycles. The van der Waals surface area contributed by atoms with Crippen LogP contribution in [-0.4, -0.2) is 40.1 Å². The summed E-state index contributed by atoms with van der Waals surface area (Å²) in [6.07, 6.45) is 1.78. The number of thioether (sulfide) groups is 1. The van der Waals surface area contributed by atoms with Crippen LogP contribution in [-0.2, 0) is 26.3 Å². The molecule has 0 fully saturated rings. The molecule has 0 radical (unpaired) electrons. The second-order valence-corrected chi connectivity index (χ2v) is 10.7. The number of carbonyl (C=O) groups excluding carboxylic acids is 1. The lowest BCUT2D eigenvalue weighted by molar-refractivity contribution is -0.137. The minimum atomic E-state index is -1.38. The highest BCUT2D eigenvalue weighted by Crippen LogP contribution is 2.34. The van der Waals surface area contributed by atoms with E-state index in [2.05, 4.69) is 20.8 Å². The van der Waals surface area contributed by atoms with Gasteiger partial charge in [0.2, 0.25) is 0 Å². The van der Waals surface area contributed by atoms with E-state index in [9.17, 15) is 9.00 Å². The van der Waals surface area contributed by atoms with E-state index < -0.39 is 11.0 Å². The highest BCUT2D eigenvalue weighted by Gasteiger charge is 2.20. The van der Waals surface area contributed by atoms with E-state index in [0.717, 1.165) is 37.1 Å². The predicted molar refractivity (Wildman–Crippen MR) is 127 cm³/mol. The van der Waals surface area contributed by atoms with Crippen LogP contribution in [0.5, 0.6) is 0 Å². The van der Waals surface area contributed by atoms with Crippen LogP contribution in [0.1, 0.15) is 4.88 Å². The van der Waals surface area contributed by atoms with Gasteiger partial charge in [-0.3, -0.25) is 9.10 Å². The number of methoxy groups -OCH3 is 1. The Hall–Kier alpha value is -2.14. The molecule has 0 spiro atoms. The first-order valence-electron chi connectivity index (χ1n) is 8.96. The van der Waals surface area contributed by atoms with Crippen molar-refractivity contribution in [3.63, 3.8) is 0 Å². The number of anilines is 1. The number of rotatable bonds is 8. The minimum absolute atomic E-state index is 0.259. The van der Waals surface area contributed by atoms with Crippen LogP contribution in [0.25, 0.3) is 21.6 Å². The van der Waals surface area contributed by atoms with Crippen molar-refractivity contribution in [3.8, 4) is 10.7 Å². The molecular formula is C20H19N3O3S4. The van der Waals surface area contributed by atoms with E-state index in [1.54, 1.807) is 33.2 Å². The normalized spacial score (nSPS) is 12.2. The Kier molecular flexibility index (Phi) is 6.57. The van der Waals surface area contributed by atoms with Gasteiger partial charge < -0.3 is 9.72 Å². The van der Waals surface area contributed by atoms with Crippen LogP contribution >= 0.6 is 34.4 Å². The topological polar surface area (TPSA) is 75.3 Å². The van der Waals surface area contributed by atoms with Gasteiger partial charge in [0.05, 0.1) is 34.7 Å². The van der Waals surface area contributed by atoms with Crippen LogP contribution in [0.3, 0.4) is 0 Å². The lowest BCUT2D eigenvalue weighted by atomic mass is 10.2. The molecule has 0 aliphatic heterocycles.